The molecule has 0 heterocycles. The number of methoxy groups -OCH3 is 1. The summed E-state index contributed by atoms with van der Waals surface area (Å²) < 4.78 is 5.34. The van der Waals surface area contributed by atoms with Gasteiger partial charge in [0, 0.05) is 0 Å². The van der Waals surface area contributed by atoms with Crippen molar-refractivity contribution in [2.45, 2.75) is 58.3 Å². The van der Waals surface area contributed by atoms with Crippen molar-refractivity contribution in [3.05, 3.63) is 29.3 Å². The molecule has 0 unspecified atom stereocenters. The highest BCUT2D eigenvalue weighted by molar-refractivity contribution is 5.36. The minimum Gasteiger partial charge on any atom is -0.496 e. The topological polar surface area (TPSA) is 35.2 Å². The van der Waals surface area contributed by atoms with E-state index in [0.29, 0.717) is 5.41 Å². The zero-order valence-corrected chi connectivity index (χ0v) is 13.1. The summed E-state index contributed by atoms with van der Waals surface area (Å²) in [5, 5.41) is 0. The van der Waals surface area contributed by atoms with Gasteiger partial charge in [-0.05, 0) is 68.2 Å². The minimum atomic E-state index is 0.515. The average Bonchev–Trinajstić information content (AvgIpc) is 2.47. The molecule has 2 rings (SSSR count). The number of rotatable bonds is 6. The van der Waals surface area contributed by atoms with Crippen LogP contribution in [0.15, 0.2) is 18.2 Å². The van der Waals surface area contributed by atoms with Gasteiger partial charge in [-0.2, -0.15) is 0 Å². The molecular formula is C18H29NO. The monoisotopic (exact) mass is 275 g/mol. The Labute approximate surface area is 123 Å². The van der Waals surface area contributed by atoms with Crippen LogP contribution < -0.4 is 10.5 Å². The Bertz CT molecular complexity index is 416. The number of hydrogen-bond donors (Lipinski definition) is 1. The van der Waals surface area contributed by atoms with E-state index in [2.05, 4.69) is 25.1 Å². The molecule has 1 aromatic rings. The Morgan fingerprint density at radius 2 is 1.90 bits per heavy atom. The number of hydrogen-bond acceptors (Lipinski definition) is 2. The van der Waals surface area contributed by atoms with E-state index in [1.54, 1.807) is 7.11 Å². The van der Waals surface area contributed by atoms with E-state index in [1.807, 2.05) is 0 Å². The van der Waals surface area contributed by atoms with E-state index in [0.717, 1.165) is 12.3 Å². The highest BCUT2D eigenvalue weighted by Crippen LogP contribution is 2.42. The van der Waals surface area contributed by atoms with Crippen molar-refractivity contribution in [1.82, 2.24) is 0 Å². The van der Waals surface area contributed by atoms with Gasteiger partial charge in [-0.3, -0.25) is 0 Å². The summed E-state index contributed by atoms with van der Waals surface area (Å²) in [5.74, 6) is 0.989. The van der Waals surface area contributed by atoms with Crippen LogP contribution in [0.4, 0.5) is 0 Å². The second-order valence-corrected chi connectivity index (χ2v) is 6.40. The summed E-state index contributed by atoms with van der Waals surface area (Å²) in [6.07, 6.45) is 10.6. The van der Waals surface area contributed by atoms with Gasteiger partial charge in [0.1, 0.15) is 5.75 Å². The molecule has 20 heavy (non-hydrogen) atoms. The van der Waals surface area contributed by atoms with E-state index in [9.17, 15) is 0 Å². The normalized spacial score (nSPS) is 17.9. The lowest BCUT2D eigenvalue weighted by atomic mass is 9.68. The summed E-state index contributed by atoms with van der Waals surface area (Å²) in [6.45, 7) is 2.96. The first-order chi connectivity index (χ1) is 9.69. The van der Waals surface area contributed by atoms with E-state index in [1.165, 1.54) is 62.5 Å². The van der Waals surface area contributed by atoms with E-state index in [-0.39, 0.29) is 0 Å². The van der Waals surface area contributed by atoms with Gasteiger partial charge in [-0.25, -0.2) is 0 Å². The predicted molar refractivity (Wildman–Crippen MR) is 85.2 cm³/mol. The fourth-order valence-electron chi connectivity index (χ4n) is 3.74. The van der Waals surface area contributed by atoms with Gasteiger partial charge in [0.2, 0.25) is 0 Å². The highest BCUT2D eigenvalue weighted by Gasteiger charge is 2.30. The highest BCUT2D eigenvalue weighted by atomic mass is 16.5. The third-order valence-electron chi connectivity index (χ3n) is 4.99. The van der Waals surface area contributed by atoms with Crippen molar-refractivity contribution in [2.24, 2.45) is 11.1 Å². The van der Waals surface area contributed by atoms with Crippen LogP contribution in [-0.2, 0) is 6.42 Å². The molecule has 0 spiro atoms. The maximum absolute atomic E-state index is 5.86. The van der Waals surface area contributed by atoms with Gasteiger partial charge in [0.15, 0.2) is 0 Å². The molecule has 0 aromatic heterocycles. The van der Waals surface area contributed by atoms with Gasteiger partial charge in [0.25, 0.3) is 0 Å². The third-order valence-corrected chi connectivity index (χ3v) is 4.99. The number of aryl methyl sites for hydroxylation is 2. The lowest BCUT2D eigenvalue weighted by Gasteiger charge is -2.37. The number of ether oxygens (including phenoxy) is 1. The van der Waals surface area contributed by atoms with Crippen molar-refractivity contribution in [1.29, 1.82) is 0 Å². The lowest BCUT2D eigenvalue weighted by Crippen LogP contribution is -2.28. The summed E-state index contributed by atoms with van der Waals surface area (Å²) >= 11 is 0. The fraction of sp³-hybridized carbons (Fsp3) is 0.667. The van der Waals surface area contributed by atoms with Crippen LogP contribution in [0.2, 0.25) is 0 Å². The molecule has 1 fully saturated rings. The van der Waals surface area contributed by atoms with E-state index >= 15 is 0 Å². The van der Waals surface area contributed by atoms with Gasteiger partial charge in [0.05, 0.1) is 7.11 Å². The van der Waals surface area contributed by atoms with Crippen LogP contribution in [0.3, 0.4) is 0 Å². The molecule has 0 radical (unpaired) electrons. The zero-order valence-electron chi connectivity index (χ0n) is 13.1. The molecule has 1 saturated carbocycles. The quantitative estimate of drug-likeness (QED) is 0.843. The molecule has 2 N–H and O–H groups in total. The first-order valence-corrected chi connectivity index (χ1v) is 8.03. The standard InChI is InChI=1S/C18H29NO/c1-15-14-16(6-7-17(15)20-2)8-11-18(12-13-19)9-4-3-5-10-18/h6-7,14H,3-5,8-13,19H2,1-2H3. The minimum absolute atomic E-state index is 0.515. The molecule has 0 bridgehead atoms. The molecule has 112 valence electrons. The SMILES string of the molecule is COc1ccc(CCC2(CCN)CCCCC2)cc1C. The predicted octanol–water partition coefficient (Wildman–Crippen LogP) is 4.24. The maximum Gasteiger partial charge on any atom is 0.121 e. The molecule has 1 aliphatic rings. The molecule has 0 aliphatic heterocycles. The Hall–Kier alpha value is -1.02. The number of benzene rings is 1. The molecular weight excluding hydrogens is 246 g/mol. The van der Waals surface area contributed by atoms with E-state index < -0.39 is 0 Å². The van der Waals surface area contributed by atoms with Crippen LogP contribution >= 0.6 is 0 Å². The van der Waals surface area contributed by atoms with Gasteiger partial charge in [-0.1, -0.05) is 31.4 Å². The number of nitrogens with two attached hydrogens (primary N) is 1. The van der Waals surface area contributed by atoms with Crippen LogP contribution in [-0.4, -0.2) is 13.7 Å². The molecule has 1 aliphatic carbocycles. The molecule has 2 nitrogen and oxygen atoms in total. The van der Waals surface area contributed by atoms with Gasteiger partial charge in [-0.15, -0.1) is 0 Å². The van der Waals surface area contributed by atoms with Gasteiger partial charge < -0.3 is 10.5 Å². The van der Waals surface area contributed by atoms with Crippen LogP contribution in [0.5, 0.6) is 5.75 Å². The molecule has 0 atom stereocenters. The zero-order chi connectivity index (χ0) is 14.4. The van der Waals surface area contributed by atoms with E-state index in [4.69, 9.17) is 10.5 Å². The second-order valence-electron chi connectivity index (χ2n) is 6.40. The Balaban J connectivity index is 2.00. The summed E-state index contributed by atoms with van der Waals surface area (Å²) in [4.78, 5) is 0. The van der Waals surface area contributed by atoms with Crippen LogP contribution in [0, 0.1) is 12.3 Å². The molecule has 2 heteroatoms. The van der Waals surface area contributed by atoms with Crippen LogP contribution in [0.25, 0.3) is 0 Å². The first kappa shape index (κ1) is 15.4. The van der Waals surface area contributed by atoms with Crippen LogP contribution in [0.1, 0.15) is 56.1 Å². The summed E-state index contributed by atoms with van der Waals surface area (Å²) in [5.41, 5.74) is 9.05. The van der Waals surface area contributed by atoms with Crippen molar-refractivity contribution >= 4 is 0 Å². The first-order valence-electron chi connectivity index (χ1n) is 8.03. The van der Waals surface area contributed by atoms with Gasteiger partial charge >= 0.3 is 0 Å². The average molecular weight is 275 g/mol. The Morgan fingerprint density at radius 3 is 2.50 bits per heavy atom. The second kappa shape index (κ2) is 7.12. The molecule has 0 amide bonds. The fourth-order valence-corrected chi connectivity index (χ4v) is 3.74. The third kappa shape index (κ3) is 3.76. The maximum atomic E-state index is 5.86. The largest absolute Gasteiger partial charge is 0.496 e. The Morgan fingerprint density at radius 1 is 1.15 bits per heavy atom. The van der Waals surface area contributed by atoms with Crippen molar-refractivity contribution in [3.63, 3.8) is 0 Å². The Kier molecular flexibility index (Phi) is 5.47. The molecule has 1 aromatic carbocycles. The van der Waals surface area contributed by atoms with Crippen molar-refractivity contribution in [2.75, 3.05) is 13.7 Å². The summed E-state index contributed by atoms with van der Waals surface area (Å²) in [7, 11) is 1.74. The lowest BCUT2D eigenvalue weighted by molar-refractivity contribution is 0.161. The smallest absolute Gasteiger partial charge is 0.121 e. The molecule has 0 saturated heterocycles. The summed E-state index contributed by atoms with van der Waals surface area (Å²) in [6, 6.07) is 6.59. The van der Waals surface area contributed by atoms with Crippen molar-refractivity contribution < 1.29 is 4.74 Å². The van der Waals surface area contributed by atoms with Crippen molar-refractivity contribution in [3.8, 4) is 5.75 Å².